The molecule has 0 radical (unpaired) electrons. The highest BCUT2D eigenvalue weighted by molar-refractivity contribution is 6.34. The van der Waals surface area contributed by atoms with Crippen molar-refractivity contribution in [2.24, 2.45) is 0 Å². The number of benzene rings is 1. The van der Waals surface area contributed by atoms with Crippen molar-refractivity contribution in [1.82, 2.24) is 9.88 Å². The van der Waals surface area contributed by atoms with Crippen LogP contribution in [0.4, 0.5) is 15.9 Å². The van der Waals surface area contributed by atoms with E-state index in [4.69, 9.17) is 11.6 Å². The van der Waals surface area contributed by atoms with Gasteiger partial charge in [0.05, 0.1) is 22.5 Å². The Hall–Kier alpha value is -2.18. The molecule has 122 valence electrons. The Kier molecular flexibility index (Phi) is 5.90. The van der Waals surface area contributed by atoms with E-state index in [-0.39, 0.29) is 10.6 Å². The van der Waals surface area contributed by atoms with Crippen LogP contribution in [0.25, 0.3) is 0 Å². The number of hydrogen-bond acceptors (Lipinski definition) is 4. The van der Waals surface area contributed by atoms with Gasteiger partial charge < -0.3 is 15.5 Å². The summed E-state index contributed by atoms with van der Waals surface area (Å²) < 4.78 is 13.7. The molecule has 0 aliphatic rings. The smallest absolute Gasteiger partial charge is 0.261 e. The van der Waals surface area contributed by atoms with Gasteiger partial charge in [-0.15, -0.1) is 0 Å². The molecule has 0 unspecified atom stereocenters. The largest absolute Gasteiger partial charge is 0.383 e. The van der Waals surface area contributed by atoms with Gasteiger partial charge in [0.1, 0.15) is 11.6 Å². The lowest BCUT2D eigenvalue weighted by Gasteiger charge is -2.11. The first-order valence-corrected chi connectivity index (χ1v) is 7.45. The maximum Gasteiger partial charge on any atom is 0.261 e. The molecule has 0 atom stereocenters. The number of rotatable bonds is 6. The summed E-state index contributed by atoms with van der Waals surface area (Å²) in [7, 11) is 3.98. The quantitative estimate of drug-likeness (QED) is 0.851. The number of likely N-dealkylation sites (N-methyl/N-ethyl adjacent to an activating group) is 1. The first-order chi connectivity index (χ1) is 11.0. The molecule has 2 aromatic rings. The Morgan fingerprint density at radius 2 is 2.09 bits per heavy atom. The number of amides is 1. The van der Waals surface area contributed by atoms with Gasteiger partial charge in [0, 0.05) is 13.1 Å². The number of carbonyl (C=O) groups excluding carboxylic acids is 1. The maximum atomic E-state index is 13.7. The van der Waals surface area contributed by atoms with Crippen molar-refractivity contribution in [1.29, 1.82) is 0 Å². The summed E-state index contributed by atoms with van der Waals surface area (Å²) in [5, 5.41) is 5.80. The number of nitrogens with one attached hydrogen (secondary N) is 2. The summed E-state index contributed by atoms with van der Waals surface area (Å²) in [6, 6.07) is 7.53. The third-order valence-corrected chi connectivity index (χ3v) is 3.40. The molecule has 0 aliphatic heterocycles. The monoisotopic (exact) mass is 336 g/mol. The van der Waals surface area contributed by atoms with Crippen LogP contribution >= 0.6 is 11.6 Å². The summed E-state index contributed by atoms with van der Waals surface area (Å²) in [5.41, 5.74) is 0.651. The normalized spacial score (nSPS) is 10.7. The predicted octanol–water partition coefficient (Wildman–Crippen LogP) is 3.10. The van der Waals surface area contributed by atoms with E-state index < -0.39 is 11.7 Å². The highest BCUT2D eigenvalue weighted by Gasteiger charge is 2.16. The van der Waals surface area contributed by atoms with Crippen LogP contribution in [0.3, 0.4) is 0 Å². The minimum Gasteiger partial charge on any atom is -0.383 e. The summed E-state index contributed by atoms with van der Waals surface area (Å²) in [5.74, 6) is -0.974. The van der Waals surface area contributed by atoms with Crippen LogP contribution < -0.4 is 10.6 Å². The Bertz CT molecular complexity index is 656. The van der Waals surface area contributed by atoms with Gasteiger partial charge >= 0.3 is 0 Å². The van der Waals surface area contributed by atoms with Gasteiger partial charge in [-0.3, -0.25) is 4.79 Å². The van der Waals surface area contributed by atoms with Crippen LogP contribution in [-0.4, -0.2) is 43.0 Å². The molecule has 0 saturated carbocycles. The standard InChI is InChI=1S/C16H18ClFN4O/c1-22(2)9-8-19-11-6-7-14(20-10-11)21-16(23)15-12(17)4-3-5-13(15)18/h3-7,10,19H,8-9H2,1-2H3,(H,20,21,23). The molecule has 1 aromatic carbocycles. The van der Waals surface area contributed by atoms with Crippen LogP contribution in [0.5, 0.6) is 0 Å². The van der Waals surface area contributed by atoms with Gasteiger partial charge in [0.25, 0.3) is 5.91 Å². The molecule has 2 N–H and O–H groups in total. The zero-order valence-electron chi connectivity index (χ0n) is 12.9. The first-order valence-electron chi connectivity index (χ1n) is 7.07. The number of anilines is 2. The van der Waals surface area contributed by atoms with Crippen LogP contribution in [0.1, 0.15) is 10.4 Å². The van der Waals surface area contributed by atoms with E-state index in [0.29, 0.717) is 5.82 Å². The van der Waals surface area contributed by atoms with E-state index in [0.717, 1.165) is 18.8 Å². The van der Waals surface area contributed by atoms with Gasteiger partial charge in [0.2, 0.25) is 0 Å². The molecular formula is C16H18ClFN4O. The molecule has 1 amide bonds. The highest BCUT2D eigenvalue weighted by atomic mass is 35.5. The summed E-state index contributed by atoms with van der Waals surface area (Å²) >= 11 is 5.86. The minimum atomic E-state index is -0.669. The number of pyridine rings is 1. The fraction of sp³-hybridized carbons (Fsp3) is 0.250. The number of hydrogen-bond donors (Lipinski definition) is 2. The molecule has 1 aromatic heterocycles. The third kappa shape index (κ3) is 4.91. The summed E-state index contributed by atoms with van der Waals surface area (Å²) in [4.78, 5) is 18.3. The topological polar surface area (TPSA) is 57.3 Å². The molecule has 2 rings (SSSR count). The van der Waals surface area contributed by atoms with Gasteiger partial charge in [0.15, 0.2) is 0 Å². The Labute approximate surface area is 139 Å². The average Bonchev–Trinajstić information content (AvgIpc) is 2.48. The van der Waals surface area contributed by atoms with Gasteiger partial charge in [-0.2, -0.15) is 0 Å². The number of halogens is 2. The summed E-state index contributed by atoms with van der Waals surface area (Å²) in [6.45, 7) is 1.68. The van der Waals surface area contributed by atoms with Gasteiger partial charge in [-0.05, 0) is 38.4 Å². The lowest BCUT2D eigenvalue weighted by molar-refractivity contribution is 0.102. The fourth-order valence-electron chi connectivity index (χ4n) is 1.89. The van der Waals surface area contributed by atoms with Crippen molar-refractivity contribution in [2.75, 3.05) is 37.8 Å². The molecule has 0 spiro atoms. The number of nitrogens with zero attached hydrogens (tertiary/aromatic N) is 2. The molecule has 0 saturated heterocycles. The fourth-order valence-corrected chi connectivity index (χ4v) is 2.14. The SMILES string of the molecule is CN(C)CCNc1ccc(NC(=O)c2c(F)cccc2Cl)nc1. The van der Waals surface area contributed by atoms with E-state index in [9.17, 15) is 9.18 Å². The van der Waals surface area contributed by atoms with Gasteiger partial charge in [-0.25, -0.2) is 9.37 Å². The van der Waals surface area contributed by atoms with Crippen molar-refractivity contribution in [3.8, 4) is 0 Å². The Balaban J connectivity index is 1.99. The second-order valence-corrected chi connectivity index (χ2v) is 5.62. The molecule has 0 bridgehead atoms. The zero-order valence-corrected chi connectivity index (χ0v) is 13.7. The second-order valence-electron chi connectivity index (χ2n) is 5.21. The van der Waals surface area contributed by atoms with Crippen molar-refractivity contribution >= 4 is 29.0 Å². The lowest BCUT2D eigenvalue weighted by Crippen LogP contribution is -2.20. The maximum absolute atomic E-state index is 13.7. The van der Waals surface area contributed by atoms with Crippen molar-refractivity contribution in [3.05, 3.63) is 52.9 Å². The first kappa shape index (κ1) is 17.2. The van der Waals surface area contributed by atoms with Crippen LogP contribution in [0.15, 0.2) is 36.5 Å². The van der Waals surface area contributed by atoms with E-state index in [1.165, 1.54) is 18.2 Å². The lowest BCUT2D eigenvalue weighted by atomic mass is 10.2. The average molecular weight is 337 g/mol. The van der Waals surface area contributed by atoms with Crippen molar-refractivity contribution in [3.63, 3.8) is 0 Å². The van der Waals surface area contributed by atoms with Crippen LogP contribution in [0, 0.1) is 5.82 Å². The molecule has 7 heteroatoms. The van der Waals surface area contributed by atoms with E-state index in [1.807, 2.05) is 14.1 Å². The van der Waals surface area contributed by atoms with Crippen LogP contribution in [-0.2, 0) is 0 Å². The minimum absolute atomic E-state index is 0.0597. The Morgan fingerprint density at radius 1 is 1.30 bits per heavy atom. The number of aromatic nitrogens is 1. The summed E-state index contributed by atoms with van der Waals surface area (Å²) in [6.07, 6.45) is 1.61. The molecule has 0 aliphatic carbocycles. The molecule has 1 heterocycles. The zero-order chi connectivity index (χ0) is 16.8. The number of carbonyl (C=O) groups is 1. The van der Waals surface area contributed by atoms with E-state index in [2.05, 4.69) is 20.5 Å². The molecule has 5 nitrogen and oxygen atoms in total. The van der Waals surface area contributed by atoms with E-state index in [1.54, 1.807) is 18.3 Å². The van der Waals surface area contributed by atoms with E-state index >= 15 is 0 Å². The Morgan fingerprint density at radius 3 is 2.70 bits per heavy atom. The van der Waals surface area contributed by atoms with Crippen LogP contribution in [0.2, 0.25) is 5.02 Å². The van der Waals surface area contributed by atoms with Crippen molar-refractivity contribution in [2.45, 2.75) is 0 Å². The molecule has 0 fully saturated rings. The second kappa shape index (κ2) is 7.89. The molecular weight excluding hydrogens is 319 g/mol. The third-order valence-electron chi connectivity index (χ3n) is 3.08. The highest BCUT2D eigenvalue weighted by Crippen LogP contribution is 2.20. The van der Waals surface area contributed by atoms with Gasteiger partial charge in [-0.1, -0.05) is 17.7 Å². The predicted molar refractivity (Wildman–Crippen MR) is 90.6 cm³/mol. The van der Waals surface area contributed by atoms with Crippen molar-refractivity contribution < 1.29 is 9.18 Å². The molecule has 23 heavy (non-hydrogen) atoms.